The zero-order valence-corrected chi connectivity index (χ0v) is 17.2. The van der Waals surface area contributed by atoms with Gasteiger partial charge in [0.25, 0.3) is 0 Å². The minimum atomic E-state index is -3.69. The molecular formula is C21H18N6O3S. The minimum Gasteiger partial charge on any atom is -0.384 e. The summed E-state index contributed by atoms with van der Waals surface area (Å²) in [5.74, 6) is 0.161. The van der Waals surface area contributed by atoms with Crippen molar-refractivity contribution in [2.45, 2.75) is 4.90 Å². The summed E-state index contributed by atoms with van der Waals surface area (Å²) in [7, 11) is -3.69. The highest BCUT2D eigenvalue weighted by atomic mass is 32.2. The molecule has 31 heavy (non-hydrogen) atoms. The Kier molecular flexibility index (Phi) is 4.59. The van der Waals surface area contributed by atoms with Crippen molar-refractivity contribution in [3.63, 3.8) is 0 Å². The van der Waals surface area contributed by atoms with Gasteiger partial charge < -0.3 is 10.5 Å². The SMILES string of the molecule is N#Cc1c(N)n(-c2cccc(S(=O)(=O)N3CCOCC3)c2)c2nc3ccccc3nc12. The second-order valence-electron chi connectivity index (χ2n) is 7.11. The summed E-state index contributed by atoms with van der Waals surface area (Å²) in [6.07, 6.45) is 0. The Hall–Kier alpha value is -3.52. The van der Waals surface area contributed by atoms with Crippen LogP contribution in [0, 0.1) is 11.3 Å². The summed E-state index contributed by atoms with van der Waals surface area (Å²) in [4.78, 5) is 9.37. The molecule has 0 unspecified atom stereocenters. The van der Waals surface area contributed by atoms with Crippen LogP contribution in [0.15, 0.2) is 53.4 Å². The molecule has 0 spiro atoms. The maximum Gasteiger partial charge on any atom is 0.243 e. The van der Waals surface area contributed by atoms with E-state index in [0.29, 0.717) is 54.2 Å². The monoisotopic (exact) mass is 434 g/mol. The molecule has 2 N–H and O–H groups in total. The molecule has 1 saturated heterocycles. The number of benzene rings is 2. The lowest BCUT2D eigenvalue weighted by Gasteiger charge is -2.26. The average molecular weight is 434 g/mol. The van der Waals surface area contributed by atoms with E-state index >= 15 is 0 Å². The van der Waals surface area contributed by atoms with Gasteiger partial charge in [-0.3, -0.25) is 4.57 Å². The summed E-state index contributed by atoms with van der Waals surface area (Å²) < 4.78 is 34.5. The molecule has 0 bridgehead atoms. The van der Waals surface area contributed by atoms with Crippen LogP contribution < -0.4 is 5.73 Å². The quantitative estimate of drug-likeness (QED) is 0.523. The van der Waals surface area contributed by atoms with Crippen LogP contribution in [0.4, 0.5) is 5.82 Å². The van der Waals surface area contributed by atoms with Gasteiger partial charge in [-0.1, -0.05) is 18.2 Å². The van der Waals surface area contributed by atoms with Crippen molar-refractivity contribution in [2.75, 3.05) is 32.0 Å². The predicted molar refractivity (Wildman–Crippen MR) is 115 cm³/mol. The van der Waals surface area contributed by atoms with Crippen molar-refractivity contribution in [1.29, 1.82) is 5.26 Å². The van der Waals surface area contributed by atoms with Gasteiger partial charge in [-0.25, -0.2) is 18.4 Å². The first kappa shape index (κ1) is 19.4. The first-order valence-electron chi connectivity index (χ1n) is 9.66. The molecule has 1 aliphatic heterocycles. The standard InChI is InChI=1S/C21H18N6O3S/c22-13-16-19-21(25-18-7-2-1-6-17(18)24-19)27(20(16)23)14-4-3-5-15(12-14)31(28,29)26-8-10-30-11-9-26/h1-7,12H,8-11,23H2. The van der Waals surface area contributed by atoms with E-state index in [9.17, 15) is 13.7 Å². The normalized spacial score (nSPS) is 15.3. The van der Waals surface area contributed by atoms with E-state index in [1.54, 1.807) is 28.8 Å². The number of hydrogen-bond acceptors (Lipinski definition) is 7. The van der Waals surface area contributed by atoms with Crippen LogP contribution in [0.2, 0.25) is 0 Å². The number of fused-ring (bicyclic) bond motifs is 2. The van der Waals surface area contributed by atoms with Crippen molar-refractivity contribution in [2.24, 2.45) is 0 Å². The third-order valence-corrected chi connectivity index (χ3v) is 7.19. The number of nitrogen functional groups attached to an aromatic ring is 1. The fourth-order valence-corrected chi connectivity index (χ4v) is 5.20. The molecule has 1 fully saturated rings. The number of ether oxygens (including phenoxy) is 1. The fourth-order valence-electron chi connectivity index (χ4n) is 3.75. The van der Waals surface area contributed by atoms with Crippen LogP contribution in [0.25, 0.3) is 27.9 Å². The average Bonchev–Trinajstić information content (AvgIpc) is 3.08. The number of para-hydroxylation sites is 2. The van der Waals surface area contributed by atoms with Crippen LogP contribution in [0.3, 0.4) is 0 Å². The van der Waals surface area contributed by atoms with E-state index in [1.807, 2.05) is 24.3 Å². The summed E-state index contributed by atoms with van der Waals surface area (Å²) in [6, 6.07) is 15.9. The van der Waals surface area contributed by atoms with Crippen LogP contribution >= 0.6 is 0 Å². The molecule has 9 nitrogen and oxygen atoms in total. The number of nitrogens with two attached hydrogens (primary N) is 1. The van der Waals surface area contributed by atoms with Crippen LogP contribution in [-0.2, 0) is 14.8 Å². The second-order valence-corrected chi connectivity index (χ2v) is 9.04. The van der Waals surface area contributed by atoms with Crippen LogP contribution in [0.5, 0.6) is 0 Å². The third-order valence-electron chi connectivity index (χ3n) is 5.29. The molecule has 0 amide bonds. The first-order chi connectivity index (χ1) is 15.0. The summed E-state index contributed by atoms with van der Waals surface area (Å²) in [6.45, 7) is 1.33. The summed E-state index contributed by atoms with van der Waals surface area (Å²) >= 11 is 0. The number of nitrogens with zero attached hydrogens (tertiary/aromatic N) is 5. The van der Waals surface area contributed by atoms with Crippen molar-refractivity contribution in [1.82, 2.24) is 18.8 Å². The van der Waals surface area contributed by atoms with E-state index in [1.165, 1.54) is 4.31 Å². The van der Waals surface area contributed by atoms with Gasteiger partial charge in [0.1, 0.15) is 23.0 Å². The maximum absolute atomic E-state index is 13.1. The smallest absolute Gasteiger partial charge is 0.243 e. The minimum absolute atomic E-state index is 0.139. The van der Waals surface area contributed by atoms with Gasteiger partial charge in [-0.2, -0.15) is 9.57 Å². The molecule has 156 valence electrons. The first-order valence-corrected chi connectivity index (χ1v) is 11.1. The molecule has 2 aromatic heterocycles. The van der Waals surface area contributed by atoms with E-state index in [0.717, 1.165) is 0 Å². The zero-order chi connectivity index (χ0) is 21.6. The van der Waals surface area contributed by atoms with Crippen molar-refractivity contribution < 1.29 is 13.2 Å². The van der Waals surface area contributed by atoms with Crippen molar-refractivity contribution >= 4 is 38.0 Å². The van der Waals surface area contributed by atoms with Gasteiger partial charge in [-0.05, 0) is 30.3 Å². The molecule has 1 aliphatic rings. The lowest BCUT2D eigenvalue weighted by Crippen LogP contribution is -2.40. The molecule has 3 heterocycles. The molecule has 0 radical (unpaired) electrons. The molecule has 5 rings (SSSR count). The number of nitriles is 1. The van der Waals surface area contributed by atoms with Crippen LogP contribution in [0.1, 0.15) is 5.56 Å². The second kappa shape index (κ2) is 7.31. The molecular weight excluding hydrogens is 416 g/mol. The van der Waals surface area contributed by atoms with E-state index in [4.69, 9.17) is 10.5 Å². The lowest BCUT2D eigenvalue weighted by molar-refractivity contribution is 0.0730. The Balaban J connectivity index is 1.71. The highest BCUT2D eigenvalue weighted by Crippen LogP contribution is 2.31. The predicted octanol–water partition coefficient (Wildman–Crippen LogP) is 2.05. The number of anilines is 1. The lowest BCUT2D eigenvalue weighted by atomic mass is 10.2. The van der Waals surface area contributed by atoms with Gasteiger partial charge in [0, 0.05) is 13.1 Å². The number of aromatic nitrogens is 3. The number of rotatable bonds is 3. The van der Waals surface area contributed by atoms with E-state index in [-0.39, 0.29) is 16.3 Å². The van der Waals surface area contributed by atoms with Gasteiger partial charge in [0.05, 0.1) is 34.8 Å². The summed E-state index contributed by atoms with van der Waals surface area (Å²) in [5.41, 5.74) is 9.07. The Morgan fingerprint density at radius 1 is 1.03 bits per heavy atom. The highest BCUT2D eigenvalue weighted by molar-refractivity contribution is 7.89. The van der Waals surface area contributed by atoms with Crippen molar-refractivity contribution in [3.05, 3.63) is 54.1 Å². The third kappa shape index (κ3) is 3.11. The molecule has 0 saturated carbocycles. The topological polar surface area (TPSA) is 127 Å². The zero-order valence-electron chi connectivity index (χ0n) is 16.4. The van der Waals surface area contributed by atoms with Crippen molar-refractivity contribution in [3.8, 4) is 11.8 Å². The van der Waals surface area contributed by atoms with E-state index in [2.05, 4.69) is 16.0 Å². The molecule has 0 aliphatic carbocycles. The largest absolute Gasteiger partial charge is 0.384 e. The van der Waals surface area contributed by atoms with Gasteiger partial charge in [-0.15, -0.1) is 0 Å². The Morgan fingerprint density at radius 2 is 1.74 bits per heavy atom. The van der Waals surface area contributed by atoms with Crippen LogP contribution in [-0.4, -0.2) is 53.6 Å². The molecule has 10 heteroatoms. The highest BCUT2D eigenvalue weighted by Gasteiger charge is 2.27. The Bertz CT molecular complexity index is 1470. The van der Waals surface area contributed by atoms with Gasteiger partial charge in [0.2, 0.25) is 10.0 Å². The molecule has 0 atom stereocenters. The van der Waals surface area contributed by atoms with Gasteiger partial charge in [0.15, 0.2) is 5.65 Å². The number of hydrogen-bond donors (Lipinski definition) is 1. The van der Waals surface area contributed by atoms with E-state index < -0.39 is 10.0 Å². The number of morpholine rings is 1. The maximum atomic E-state index is 13.1. The summed E-state index contributed by atoms with van der Waals surface area (Å²) in [5, 5.41) is 9.68. The van der Waals surface area contributed by atoms with Gasteiger partial charge >= 0.3 is 0 Å². The number of sulfonamides is 1. The molecule has 2 aromatic carbocycles. The Morgan fingerprint density at radius 3 is 2.45 bits per heavy atom. The molecule has 4 aromatic rings. The Labute approximate surface area is 178 Å². The fraction of sp³-hybridized carbons (Fsp3) is 0.190.